The van der Waals surface area contributed by atoms with Gasteiger partial charge in [0.05, 0.1) is 19.1 Å². The van der Waals surface area contributed by atoms with Crippen LogP contribution in [0.3, 0.4) is 0 Å². The lowest BCUT2D eigenvalue weighted by Gasteiger charge is -2.31. The Bertz CT molecular complexity index is 1090. The highest BCUT2D eigenvalue weighted by molar-refractivity contribution is 7.92. The molecule has 0 unspecified atom stereocenters. The van der Waals surface area contributed by atoms with Gasteiger partial charge in [-0.3, -0.25) is 13.9 Å². The molecule has 0 bridgehead atoms. The molecule has 2 aromatic carbocycles. The molecule has 1 N–H and O–H groups in total. The van der Waals surface area contributed by atoms with Gasteiger partial charge in [-0.1, -0.05) is 62.7 Å². The van der Waals surface area contributed by atoms with E-state index in [1.54, 1.807) is 29.2 Å². The molecule has 0 saturated carbocycles. The van der Waals surface area contributed by atoms with Gasteiger partial charge in [0.15, 0.2) is 0 Å². The summed E-state index contributed by atoms with van der Waals surface area (Å²) in [7, 11) is -2.11. The van der Waals surface area contributed by atoms with E-state index in [9.17, 15) is 18.0 Å². The number of hydrogen-bond acceptors (Lipinski definition) is 5. The Balaban J connectivity index is 2.16. The maximum absolute atomic E-state index is 13.4. The fraction of sp³-hybridized carbons (Fsp3) is 0.500. The maximum Gasteiger partial charge on any atom is 0.242 e. The molecule has 2 rings (SSSR count). The topological polar surface area (TPSA) is 96.0 Å². The van der Waals surface area contributed by atoms with Gasteiger partial charge in [0.2, 0.25) is 21.8 Å². The van der Waals surface area contributed by atoms with Gasteiger partial charge in [-0.2, -0.15) is 0 Å². The molecule has 0 heterocycles. The number of nitrogens with one attached hydrogen (secondary N) is 1. The van der Waals surface area contributed by atoms with E-state index >= 15 is 0 Å². The number of anilines is 1. The summed E-state index contributed by atoms with van der Waals surface area (Å²) in [6.45, 7) is 5.07. The molecule has 0 fully saturated rings. The second kappa shape index (κ2) is 15.2. The number of carbonyl (C=O) groups excluding carboxylic acids is 2. The van der Waals surface area contributed by atoms with Gasteiger partial charge in [0, 0.05) is 26.1 Å². The molecule has 0 aliphatic rings. The van der Waals surface area contributed by atoms with Crippen molar-refractivity contribution in [1.82, 2.24) is 10.2 Å². The first-order chi connectivity index (χ1) is 17.7. The van der Waals surface area contributed by atoms with Crippen LogP contribution in [0.5, 0.6) is 5.75 Å². The van der Waals surface area contributed by atoms with Crippen LogP contribution in [0.1, 0.15) is 51.5 Å². The molecule has 9 heteroatoms. The highest BCUT2D eigenvalue weighted by Gasteiger charge is 2.28. The molecule has 0 aliphatic heterocycles. The molecule has 204 valence electrons. The molecule has 2 amide bonds. The van der Waals surface area contributed by atoms with E-state index in [0.29, 0.717) is 43.8 Å². The number of methoxy groups -OCH3 is 1. The molecule has 0 spiro atoms. The molecule has 8 nitrogen and oxygen atoms in total. The Kier molecular flexibility index (Phi) is 12.4. The number of rotatable bonds is 16. The smallest absolute Gasteiger partial charge is 0.242 e. The highest BCUT2D eigenvalue weighted by Crippen LogP contribution is 2.29. The zero-order valence-corrected chi connectivity index (χ0v) is 23.3. The van der Waals surface area contributed by atoms with Crippen LogP contribution in [-0.4, -0.2) is 64.2 Å². The number of amides is 2. The summed E-state index contributed by atoms with van der Waals surface area (Å²) in [6.07, 6.45) is 4.54. The van der Waals surface area contributed by atoms with E-state index in [1.165, 1.54) is 11.4 Å². The SMILES string of the molecule is CCCCNC(=O)[C@@H](CC)N(CCc1ccccc1)C(=O)CCCN(c1ccccc1OC)S(C)(=O)=O. The Morgan fingerprint density at radius 1 is 0.973 bits per heavy atom. The number of ether oxygens (including phenoxy) is 1. The third-order valence-electron chi connectivity index (χ3n) is 6.21. The van der Waals surface area contributed by atoms with Crippen molar-refractivity contribution in [1.29, 1.82) is 0 Å². The monoisotopic (exact) mass is 531 g/mol. The number of sulfonamides is 1. The predicted molar refractivity (Wildman–Crippen MR) is 148 cm³/mol. The summed E-state index contributed by atoms with van der Waals surface area (Å²) in [6, 6.07) is 16.2. The minimum Gasteiger partial charge on any atom is -0.495 e. The zero-order chi connectivity index (χ0) is 27.3. The lowest BCUT2D eigenvalue weighted by atomic mass is 10.1. The molecular formula is C28H41N3O5S. The molecule has 2 aromatic rings. The van der Waals surface area contributed by atoms with Crippen LogP contribution in [0.25, 0.3) is 0 Å². The zero-order valence-electron chi connectivity index (χ0n) is 22.5. The van der Waals surface area contributed by atoms with Crippen molar-refractivity contribution in [3.05, 3.63) is 60.2 Å². The van der Waals surface area contributed by atoms with Gasteiger partial charge in [-0.05, 0) is 43.4 Å². The standard InChI is InChI=1S/C28H41N3O5S/c1-5-7-20-29-28(33)24(6-2)30(22-19-23-14-9-8-10-15-23)27(32)18-13-21-31(37(4,34)35)25-16-11-12-17-26(25)36-3/h8-12,14-17,24H,5-7,13,18-22H2,1-4H3,(H,29,33)/t24-/m1/s1. The normalized spacial score (nSPS) is 12.0. The number of nitrogens with zero attached hydrogens (tertiary/aromatic N) is 2. The molecule has 0 radical (unpaired) electrons. The minimum atomic E-state index is -3.60. The molecule has 0 aromatic heterocycles. The van der Waals surface area contributed by atoms with Crippen LogP contribution in [0.2, 0.25) is 0 Å². The Labute approximate surface area is 222 Å². The molecule has 0 aliphatic carbocycles. The number of para-hydroxylation sites is 2. The fourth-order valence-electron chi connectivity index (χ4n) is 4.22. The summed E-state index contributed by atoms with van der Waals surface area (Å²) in [5, 5.41) is 2.96. The summed E-state index contributed by atoms with van der Waals surface area (Å²) < 4.78 is 31.7. The van der Waals surface area contributed by atoms with Crippen molar-refractivity contribution in [2.75, 3.05) is 37.3 Å². The first kappa shape index (κ1) is 30.2. The van der Waals surface area contributed by atoms with Crippen molar-refractivity contribution < 1.29 is 22.7 Å². The number of unbranched alkanes of at least 4 members (excludes halogenated alkanes) is 1. The van der Waals surface area contributed by atoms with Crippen molar-refractivity contribution in [2.45, 2.75) is 58.4 Å². The average Bonchev–Trinajstić information content (AvgIpc) is 2.88. The van der Waals surface area contributed by atoms with Crippen molar-refractivity contribution in [3.8, 4) is 5.75 Å². The first-order valence-electron chi connectivity index (χ1n) is 12.9. The van der Waals surface area contributed by atoms with Crippen molar-refractivity contribution >= 4 is 27.5 Å². The van der Waals surface area contributed by atoms with Gasteiger partial charge in [-0.25, -0.2) is 8.42 Å². The molecule has 37 heavy (non-hydrogen) atoms. The van der Waals surface area contributed by atoms with Gasteiger partial charge < -0.3 is 15.0 Å². The summed E-state index contributed by atoms with van der Waals surface area (Å²) in [4.78, 5) is 28.1. The van der Waals surface area contributed by atoms with E-state index in [-0.39, 0.29) is 24.8 Å². The lowest BCUT2D eigenvalue weighted by Crippen LogP contribution is -2.50. The van der Waals surface area contributed by atoms with E-state index in [0.717, 1.165) is 24.7 Å². The Hall–Kier alpha value is -3.07. The van der Waals surface area contributed by atoms with Gasteiger partial charge >= 0.3 is 0 Å². The average molecular weight is 532 g/mol. The van der Waals surface area contributed by atoms with Gasteiger partial charge in [0.25, 0.3) is 0 Å². The third kappa shape index (κ3) is 9.39. The van der Waals surface area contributed by atoms with Crippen LogP contribution in [-0.2, 0) is 26.0 Å². The van der Waals surface area contributed by atoms with Crippen LogP contribution in [0.15, 0.2) is 54.6 Å². The predicted octanol–water partition coefficient (Wildman–Crippen LogP) is 4.01. The van der Waals surface area contributed by atoms with E-state index in [1.807, 2.05) is 37.3 Å². The van der Waals surface area contributed by atoms with Crippen molar-refractivity contribution in [3.63, 3.8) is 0 Å². The summed E-state index contributed by atoms with van der Waals surface area (Å²) >= 11 is 0. The van der Waals surface area contributed by atoms with Crippen LogP contribution >= 0.6 is 0 Å². The summed E-state index contributed by atoms with van der Waals surface area (Å²) in [5.41, 5.74) is 1.52. The number of carbonyl (C=O) groups is 2. The molecular weight excluding hydrogens is 490 g/mol. The molecule has 1 atom stereocenters. The van der Waals surface area contributed by atoms with Gasteiger partial charge in [-0.15, -0.1) is 0 Å². The maximum atomic E-state index is 13.4. The first-order valence-corrected chi connectivity index (χ1v) is 14.8. The Morgan fingerprint density at radius 2 is 1.65 bits per heavy atom. The lowest BCUT2D eigenvalue weighted by molar-refractivity contribution is -0.140. The van der Waals surface area contributed by atoms with Crippen molar-refractivity contribution in [2.24, 2.45) is 0 Å². The van der Waals surface area contributed by atoms with E-state index in [4.69, 9.17) is 4.74 Å². The van der Waals surface area contributed by atoms with Crippen LogP contribution < -0.4 is 14.4 Å². The van der Waals surface area contributed by atoms with Gasteiger partial charge in [0.1, 0.15) is 11.8 Å². The Morgan fingerprint density at radius 3 is 2.27 bits per heavy atom. The second-order valence-corrected chi connectivity index (χ2v) is 10.9. The van der Waals surface area contributed by atoms with Crippen LogP contribution in [0.4, 0.5) is 5.69 Å². The number of benzene rings is 2. The summed E-state index contributed by atoms with van der Waals surface area (Å²) in [5.74, 6) is 0.129. The minimum absolute atomic E-state index is 0.120. The quantitative estimate of drug-likeness (QED) is 0.330. The largest absolute Gasteiger partial charge is 0.495 e. The third-order valence-corrected chi connectivity index (χ3v) is 7.39. The van der Waals surface area contributed by atoms with E-state index in [2.05, 4.69) is 12.2 Å². The van der Waals surface area contributed by atoms with Crippen LogP contribution in [0, 0.1) is 0 Å². The second-order valence-electron chi connectivity index (χ2n) is 9.00. The number of hydrogen-bond donors (Lipinski definition) is 1. The highest BCUT2D eigenvalue weighted by atomic mass is 32.2. The fourth-order valence-corrected chi connectivity index (χ4v) is 5.19. The molecule has 0 saturated heterocycles. The van der Waals surface area contributed by atoms with E-state index < -0.39 is 16.1 Å².